The van der Waals surface area contributed by atoms with Gasteiger partial charge in [-0.2, -0.15) is 0 Å². The molecule has 0 spiro atoms. The second-order valence-corrected chi connectivity index (χ2v) is 8.96. The van der Waals surface area contributed by atoms with E-state index in [1.165, 1.54) is 5.56 Å². The van der Waals surface area contributed by atoms with Crippen LogP contribution in [0, 0.1) is 12.8 Å². The molecule has 0 saturated carbocycles. The highest BCUT2D eigenvalue weighted by molar-refractivity contribution is 6.30. The molecular weight excluding hydrogens is 426 g/mol. The monoisotopic (exact) mass is 457 g/mol. The van der Waals surface area contributed by atoms with Gasteiger partial charge >= 0.3 is 0 Å². The van der Waals surface area contributed by atoms with E-state index in [4.69, 9.17) is 16.3 Å². The Kier molecular flexibility index (Phi) is 8.67. The summed E-state index contributed by atoms with van der Waals surface area (Å²) in [5, 5.41) is 6.52. The third-order valence-corrected chi connectivity index (χ3v) is 6.01. The van der Waals surface area contributed by atoms with Crippen LogP contribution in [0.25, 0.3) is 0 Å². The highest BCUT2D eigenvalue weighted by Gasteiger charge is 2.28. The summed E-state index contributed by atoms with van der Waals surface area (Å²) in [6.45, 7) is 9.36. The zero-order valence-electron chi connectivity index (χ0n) is 18.9. The molecule has 32 heavy (non-hydrogen) atoms. The van der Waals surface area contributed by atoms with Gasteiger partial charge in [-0.15, -0.1) is 0 Å². The van der Waals surface area contributed by atoms with Crippen LogP contribution in [0.2, 0.25) is 5.02 Å². The van der Waals surface area contributed by atoms with Gasteiger partial charge in [-0.1, -0.05) is 55.3 Å². The number of benzene rings is 2. The van der Waals surface area contributed by atoms with E-state index in [0.29, 0.717) is 30.3 Å². The van der Waals surface area contributed by atoms with Crippen molar-refractivity contribution in [3.63, 3.8) is 0 Å². The largest absolute Gasteiger partial charge is 0.379 e. The van der Waals surface area contributed by atoms with Gasteiger partial charge in [-0.05, 0) is 42.7 Å². The van der Waals surface area contributed by atoms with E-state index >= 15 is 0 Å². The summed E-state index contributed by atoms with van der Waals surface area (Å²) in [6.07, 6.45) is 0. The standard InChI is InChI=1S/C25H32ClN3O3/c1-17(2)23(28-24(30)20-8-10-21(26)11-9-20)25(31)27-16-22(29-12-14-32-15-13-29)19-6-4-18(3)5-7-19/h4-11,17,22-23H,12-16H2,1-3H3,(H,27,31)(H,28,30). The molecule has 2 aromatic carbocycles. The quantitative estimate of drug-likeness (QED) is 0.635. The van der Waals surface area contributed by atoms with Crippen molar-refractivity contribution >= 4 is 23.4 Å². The number of carbonyl (C=O) groups excluding carboxylic acids is 2. The van der Waals surface area contributed by atoms with E-state index in [9.17, 15) is 9.59 Å². The van der Waals surface area contributed by atoms with Crippen LogP contribution in [0.3, 0.4) is 0 Å². The van der Waals surface area contributed by atoms with Crippen molar-refractivity contribution in [2.45, 2.75) is 32.9 Å². The number of hydrogen-bond donors (Lipinski definition) is 2. The van der Waals surface area contributed by atoms with Crippen LogP contribution in [0.5, 0.6) is 0 Å². The first-order chi connectivity index (χ1) is 15.3. The number of morpholine rings is 1. The van der Waals surface area contributed by atoms with Crippen LogP contribution < -0.4 is 10.6 Å². The molecule has 1 heterocycles. The van der Waals surface area contributed by atoms with Crippen molar-refractivity contribution < 1.29 is 14.3 Å². The Morgan fingerprint density at radius 1 is 1.03 bits per heavy atom. The first-order valence-electron chi connectivity index (χ1n) is 11.1. The van der Waals surface area contributed by atoms with Gasteiger partial charge in [0.2, 0.25) is 5.91 Å². The Morgan fingerprint density at radius 3 is 2.25 bits per heavy atom. The maximum atomic E-state index is 13.1. The van der Waals surface area contributed by atoms with Gasteiger partial charge < -0.3 is 15.4 Å². The number of carbonyl (C=O) groups is 2. The molecule has 1 saturated heterocycles. The smallest absolute Gasteiger partial charge is 0.251 e. The lowest BCUT2D eigenvalue weighted by Crippen LogP contribution is -2.52. The summed E-state index contributed by atoms with van der Waals surface area (Å²) in [5.41, 5.74) is 2.83. The molecule has 0 radical (unpaired) electrons. The van der Waals surface area contributed by atoms with Crippen molar-refractivity contribution in [3.8, 4) is 0 Å². The third kappa shape index (κ3) is 6.55. The minimum absolute atomic E-state index is 0.0447. The fourth-order valence-corrected chi connectivity index (χ4v) is 3.93. The summed E-state index contributed by atoms with van der Waals surface area (Å²) in [4.78, 5) is 28.1. The van der Waals surface area contributed by atoms with Crippen molar-refractivity contribution in [3.05, 3.63) is 70.2 Å². The predicted molar refractivity (Wildman–Crippen MR) is 127 cm³/mol. The SMILES string of the molecule is Cc1ccc(C(CNC(=O)C(NC(=O)c2ccc(Cl)cc2)C(C)C)N2CCOCC2)cc1. The average molecular weight is 458 g/mol. The minimum atomic E-state index is -0.637. The second-order valence-electron chi connectivity index (χ2n) is 8.52. The molecule has 1 fully saturated rings. The average Bonchev–Trinajstić information content (AvgIpc) is 2.79. The van der Waals surface area contributed by atoms with Crippen LogP contribution in [-0.4, -0.2) is 55.6 Å². The zero-order valence-corrected chi connectivity index (χ0v) is 19.7. The topological polar surface area (TPSA) is 70.7 Å². The Hall–Kier alpha value is -2.41. The van der Waals surface area contributed by atoms with Crippen molar-refractivity contribution in [1.82, 2.24) is 15.5 Å². The molecular formula is C25H32ClN3O3. The third-order valence-electron chi connectivity index (χ3n) is 5.76. The molecule has 2 aromatic rings. The van der Waals surface area contributed by atoms with Crippen LogP contribution in [0.15, 0.2) is 48.5 Å². The lowest BCUT2D eigenvalue weighted by Gasteiger charge is -2.35. The summed E-state index contributed by atoms with van der Waals surface area (Å²) in [6, 6.07) is 14.4. The van der Waals surface area contributed by atoms with Gasteiger partial charge in [-0.3, -0.25) is 14.5 Å². The van der Waals surface area contributed by atoms with Gasteiger partial charge in [0.25, 0.3) is 5.91 Å². The number of amides is 2. The first kappa shape index (κ1) is 24.2. The number of rotatable bonds is 8. The molecule has 3 rings (SSSR count). The van der Waals surface area contributed by atoms with E-state index in [2.05, 4.69) is 46.7 Å². The zero-order chi connectivity index (χ0) is 23.1. The summed E-state index contributed by atoms with van der Waals surface area (Å²) in [7, 11) is 0. The highest BCUT2D eigenvalue weighted by Crippen LogP contribution is 2.22. The molecule has 2 unspecified atom stereocenters. The number of ether oxygens (including phenoxy) is 1. The van der Waals surface area contributed by atoms with Gasteiger partial charge in [0, 0.05) is 30.2 Å². The van der Waals surface area contributed by atoms with Crippen LogP contribution in [-0.2, 0) is 9.53 Å². The summed E-state index contributed by atoms with van der Waals surface area (Å²) in [5.74, 6) is -0.543. The molecule has 2 atom stereocenters. The van der Waals surface area contributed by atoms with E-state index in [1.807, 2.05) is 13.8 Å². The highest BCUT2D eigenvalue weighted by atomic mass is 35.5. The van der Waals surface area contributed by atoms with Crippen LogP contribution >= 0.6 is 11.6 Å². The molecule has 0 bridgehead atoms. The lowest BCUT2D eigenvalue weighted by atomic mass is 10.0. The van der Waals surface area contributed by atoms with Gasteiger partial charge in [0.1, 0.15) is 6.04 Å². The Morgan fingerprint density at radius 2 is 1.66 bits per heavy atom. The second kappa shape index (κ2) is 11.5. The van der Waals surface area contributed by atoms with Gasteiger partial charge in [0.15, 0.2) is 0 Å². The van der Waals surface area contributed by atoms with Crippen LogP contribution in [0.1, 0.15) is 41.4 Å². The van der Waals surface area contributed by atoms with E-state index < -0.39 is 6.04 Å². The number of nitrogens with zero attached hydrogens (tertiary/aromatic N) is 1. The molecule has 172 valence electrons. The lowest BCUT2D eigenvalue weighted by molar-refractivity contribution is -0.124. The number of aryl methyl sites for hydroxylation is 1. The number of nitrogens with one attached hydrogen (secondary N) is 2. The Bertz CT molecular complexity index is 894. The summed E-state index contributed by atoms with van der Waals surface area (Å²) < 4.78 is 5.51. The van der Waals surface area contributed by atoms with Gasteiger partial charge in [0.05, 0.1) is 19.3 Å². The maximum Gasteiger partial charge on any atom is 0.251 e. The molecule has 1 aliphatic rings. The Balaban J connectivity index is 1.68. The molecule has 6 nitrogen and oxygen atoms in total. The summed E-state index contributed by atoms with van der Waals surface area (Å²) >= 11 is 5.91. The first-order valence-corrected chi connectivity index (χ1v) is 11.5. The Labute approximate surface area is 195 Å². The van der Waals surface area contributed by atoms with Crippen molar-refractivity contribution in [2.24, 2.45) is 5.92 Å². The number of hydrogen-bond acceptors (Lipinski definition) is 4. The normalized spacial score (nSPS) is 16.4. The predicted octanol–water partition coefficient (Wildman–Crippen LogP) is 3.59. The molecule has 0 aromatic heterocycles. The van der Waals surface area contributed by atoms with Crippen LogP contribution in [0.4, 0.5) is 0 Å². The van der Waals surface area contributed by atoms with Gasteiger partial charge in [-0.25, -0.2) is 0 Å². The van der Waals surface area contributed by atoms with Crippen molar-refractivity contribution in [1.29, 1.82) is 0 Å². The molecule has 0 aliphatic carbocycles. The van der Waals surface area contributed by atoms with Crippen molar-refractivity contribution in [2.75, 3.05) is 32.8 Å². The van der Waals surface area contributed by atoms with E-state index in [1.54, 1.807) is 24.3 Å². The molecule has 2 N–H and O–H groups in total. The fraction of sp³-hybridized carbons (Fsp3) is 0.440. The minimum Gasteiger partial charge on any atom is -0.379 e. The maximum absolute atomic E-state index is 13.1. The fourth-order valence-electron chi connectivity index (χ4n) is 3.80. The van der Waals surface area contributed by atoms with E-state index in [-0.39, 0.29) is 23.8 Å². The number of halogens is 1. The molecule has 1 aliphatic heterocycles. The molecule has 7 heteroatoms. The molecule has 2 amide bonds. The van der Waals surface area contributed by atoms with E-state index in [0.717, 1.165) is 18.7 Å².